The van der Waals surface area contributed by atoms with Crippen molar-refractivity contribution in [2.24, 2.45) is 5.10 Å². The lowest BCUT2D eigenvalue weighted by Gasteiger charge is -2.33. The van der Waals surface area contributed by atoms with Crippen molar-refractivity contribution in [3.05, 3.63) is 59.9 Å². The molecule has 0 saturated carbocycles. The highest BCUT2D eigenvalue weighted by molar-refractivity contribution is 5.80. The number of aromatic hydroxyl groups is 1. The van der Waals surface area contributed by atoms with Crippen molar-refractivity contribution in [3.63, 3.8) is 0 Å². The smallest absolute Gasteiger partial charge is 0.250 e. The minimum absolute atomic E-state index is 0.187. The van der Waals surface area contributed by atoms with E-state index in [1.54, 1.807) is 48.7 Å². The summed E-state index contributed by atoms with van der Waals surface area (Å²) in [5.74, 6) is 0.789. The Bertz CT molecular complexity index is 1060. The fourth-order valence-corrected chi connectivity index (χ4v) is 3.40. The number of hydrazone groups is 1. The van der Waals surface area contributed by atoms with E-state index < -0.39 is 5.82 Å². The van der Waals surface area contributed by atoms with Gasteiger partial charge in [0.05, 0.1) is 11.9 Å². The molecule has 0 bridgehead atoms. The number of phenols is 1. The van der Waals surface area contributed by atoms with E-state index >= 15 is 0 Å². The van der Waals surface area contributed by atoms with Gasteiger partial charge in [-0.25, -0.2) is 9.82 Å². The number of piperidine rings is 1. The molecule has 31 heavy (non-hydrogen) atoms. The minimum atomic E-state index is -0.393. The average Bonchev–Trinajstić information content (AvgIpc) is 2.77. The van der Waals surface area contributed by atoms with Crippen LogP contribution >= 0.6 is 0 Å². The summed E-state index contributed by atoms with van der Waals surface area (Å²) in [6, 6.07) is 13.3. The molecule has 0 aliphatic carbocycles. The Balaban J connectivity index is 1.60. The first-order chi connectivity index (χ1) is 15.1. The molecule has 0 radical (unpaired) electrons. The number of rotatable bonds is 6. The van der Waals surface area contributed by atoms with E-state index in [9.17, 15) is 9.50 Å². The standard InChI is InChI=1S/C22H24FN7O/c1-15-6-4-5-13-30(15)22-27-20(25-19-8-3-2-7-18(19)23)26-21(28-22)29-24-14-16-9-11-17(31)12-10-16/h2-3,7-12,14-15,31H,4-6,13H2,1H3,(H2,25,26,27,28,29)/b24-14-/t15-/m1/s1. The second kappa shape index (κ2) is 9.38. The second-order valence-electron chi connectivity index (χ2n) is 7.39. The van der Waals surface area contributed by atoms with Crippen LogP contribution in [0.25, 0.3) is 0 Å². The minimum Gasteiger partial charge on any atom is -0.508 e. The van der Waals surface area contributed by atoms with Crippen LogP contribution in [-0.4, -0.2) is 38.9 Å². The Hall–Kier alpha value is -3.75. The van der Waals surface area contributed by atoms with Gasteiger partial charge in [0.15, 0.2) is 0 Å². The molecule has 1 aromatic heterocycles. The quantitative estimate of drug-likeness (QED) is 0.403. The maximum absolute atomic E-state index is 14.1. The van der Waals surface area contributed by atoms with Gasteiger partial charge in [0.25, 0.3) is 0 Å². The van der Waals surface area contributed by atoms with Crippen molar-refractivity contribution >= 4 is 29.7 Å². The largest absolute Gasteiger partial charge is 0.508 e. The molecule has 1 fully saturated rings. The van der Waals surface area contributed by atoms with Gasteiger partial charge < -0.3 is 15.3 Å². The highest BCUT2D eigenvalue weighted by Gasteiger charge is 2.22. The summed E-state index contributed by atoms with van der Waals surface area (Å²) in [7, 11) is 0. The molecule has 1 saturated heterocycles. The van der Waals surface area contributed by atoms with Crippen LogP contribution in [0.2, 0.25) is 0 Å². The second-order valence-corrected chi connectivity index (χ2v) is 7.39. The number of para-hydroxylation sites is 1. The molecule has 1 aliphatic rings. The summed E-state index contributed by atoms with van der Waals surface area (Å²) in [5.41, 5.74) is 3.91. The maximum atomic E-state index is 14.1. The fraction of sp³-hybridized carbons (Fsp3) is 0.273. The Morgan fingerprint density at radius 2 is 1.84 bits per heavy atom. The van der Waals surface area contributed by atoms with Gasteiger partial charge in [0.2, 0.25) is 17.8 Å². The van der Waals surface area contributed by atoms with Gasteiger partial charge in [0.1, 0.15) is 11.6 Å². The summed E-state index contributed by atoms with van der Waals surface area (Å²) in [4.78, 5) is 15.5. The number of halogens is 1. The topological polar surface area (TPSA) is 98.6 Å². The summed E-state index contributed by atoms with van der Waals surface area (Å²) in [6.07, 6.45) is 4.89. The van der Waals surface area contributed by atoms with E-state index in [2.05, 4.69) is 42.6 Å². The average molecular weight is 421 g/mol. The summed E-state index contributed by atoms with van der Waals surface area (Å²) >= 11 is 0. The van der Waals surface area contributed by atoms with Gasteiger partial charge in [-0.05, 0) is 68.1 Å². The SMILES string of the molecule is C[C@@H]1CCCCN1c1nc(N/N=C\c2ccc(O)cc2)nc(Nc2ccccc2F)n1. The number of aromatic nitrogens is 3. The Kier molecular flexibility index (Phi) is 6.21. The third-order valence-corrected chi connectivity index (χ3v) is 5.08. The third kappa shape index (κ3) is 5.25. The van der Waals surface area contributed by atoms with Crippen LogP contribution in [-0.2, 0) is 0 Å². The van der Waals surface area contributed by atoms with Crippen LogP contribution in [0.5, 0.6) is 5.75 Å². The fourth-order valence-electron chi connectivity index (χ4n) is 3.40. The van der Waals surface area contributed by atoms with E-state index in [1.165, 1.54) is 12.5 Å². The molecule has 2 aromatic carbocycles. The van der Waals surface area contributed by atoms with E-state index in [4.69, 9.17) is 0 Å². The molecule has 0 amide bonds. The number of phenolic OH excluding ortho intramolecular Hbond substituents is 1. The van der Waals surface area contributed by atoms with Gasteiger partial charge >= 0.3 is 0 Å². The predicted octanol–water partition coefficient (Wildman–Crippen LogP) is 4.28. The molecular formula is C22H24FN7O. The van der Waals surface area contributed by atoms with Gasteiger partial charge in [-0.15, -0.1) is 0 Å². The molecule has 3 aromatic rings. The summed E-state index contributed by atoms with van der Waals surface area (Å²) in [5, 5.41) is 16.5. The molecule has 2 heterocycles. The van der Waals surface area contributed by atoms with Crippen LogP contribution < -0.4 is 15.6 Å². The molecule has 9 heteroatoms. The zero-order valence-corrected chi connectivity index (χ0v) is 17.2. The lowest BCUT2D eigenvalue weighted by atomic mass is 10.0. The van der Waals surface area contributed by atoms with E-state index in [-0.39, 0.29) is 23.3 Å². The molecule has 1 atom stereocenters. The van der Waals surface area contributed by atoms with Crippen LogP contribution in [0.4, 0.5) is 27.9 Å². The molecule has 0 spiro atoms. The number of benzene rings is 2. The maximum Gasteiger partial charge on any atom is 0.250 e. The van der Waals surface area contributed by atoms with E-state index in [0.29, 0.717) is 12.0 Å². The van der Waals surface area contributed by atoms with Crippen molar-refractivity contribution < 1.29 is 9.50 Å². The van der Waals surface area contributed by atoms with Crippen molar-refractivity contribution in [2.75, 3.05) is 22.2 Å². The molecule has 160 valence electrons. The monoisotopic (exact) mass is 421 g/mol. The van der Waals surface area contributed by atoms with Crippen LogP contribution in [0, 0.1) is 5.82 Å². The van der Waals surface area contributed by atoms with E-state index in [0.717, 1.165) is 24.9 Å². The molecule has 0 unspecified atom stereocenters. The zero-order valence-electron chi connectivity index (χ0n) is 17.2. The first kappa shape index (κ1) is 20.5. The number of hydrogen-bond acceptors (Lipinski definition) is 8. The van der Waals surface area contributed by atoms with Gasteiger partial charge in [0, 0.05) is 12.6 Å². The number of hydrogen-bond donors (Lipinski definition) is 3. The predicted molar refractivity (Wildman–Crippen MR) is 119 cm³/mol. The van der Waals surface area contributed by atoms with Gasteiger partial charge in [-0.2, -0.15) is 20.1 Å². The molecule has 8 nitrogen and oxygen atoms in total. The van der Waals surface area contributed by atoms with E-state index in [1.807, 2.05) is 0 Å². The lowest BCUT2D eigenvalue weighted by molar-refractivity contribution is 0.475. The third-order valence-electron chi connectivity index (χ3n) is 5.08. The molecule has 1 aliphatic heterocycles. The Labute approximate surface area is 179 Å². The number of nitrogens with zero attached hydrogens (tertiary/aromatic N) is 5. The van der Waals surface area contributed by atoms with Crippen LogP contribution in [0.1, 0.15) is 31.7 Å². The van der Waals surface area contributed by atoms with Crippen molar-refractivity contribution in [1.82, 2.24) is 15.0 Å². The van der Waals surface area contributed by atoms with Gasteiger partial charge in [-0.3, -0.25) is 0 Å². The van der Waals surface area contributed by atoms with Gasteiger partial charge in [-0.1, -0.05) is 12.1 Å². The highest BCUT2D eigenvalue weighted by Crippen LogP contribution is 2.25. The number of anilines is 4. The molecule has 4 rings (SSSR count). The zero-order chi connectivity index (χ0) is 21.6. The normalized spacial score (nSPS) is 16.5. The van der Waals surface area contributed by atoms with Crippen LogP contribution in [0.15, 0.2) is 53.6 Å². The number of nitrogens with one attached hydrogen (secondary N) is 2. The first-order valence-electron chi connectivity index (χ1n) is 10.2. The van der Waals surface area contributed by atoms with Crippen LogP contribution in [0.3, 0.4) is 0 Å². The summed E-state index contributed by atoms with van der Waals surface area (Å²) in [6.45, 7) is 2.99. The molecular weight excluding hydrogens is 397 g/mol. The van der Waals surface area contributed by atoms with Crippen molar-refractivity contribution in [1.29, 1.82) is 0 Å². The highest BCUT2D eigenvalue weighted by atomic mass is 19.1. The Morgan fingerprint density at radius 3 is 2.61 bits per heavy atom. The Morgan fingerprint density at radius 1 is 1.06 bits per heavy atom. The summed E-state index contributed by atoms with van der Waals surface area (Å²) < 4.78 is 14.1. The van der Waals surface area contributed by atoms with Crippen molar-refractivity contribution in [2.45, 2.75) is 32.2 Å². The first-order valence-corrected chi connectivity index (χ1v) is 10.2. The lowest BCUT2D eigenvalue weighted by Crippen LogP contribution is -2.38. The van der Waals surface area contributed by atoms with Crippen molar-refractivity contribution in [3.8, 4) is 5.75 Å². The molecule has 3 N–H and O–H groups in total.